The molecule has 6 nitrogen and oxygen atoms in total. The molecule has 2 aromatic carbocycles. The molecule has 0 bridgehead atoms. The minimum Gasteiger partial charge on any atom is -0.482 e. The molecule has 0 aromatic heterocycles. The van der Waals surface area contributed by atoms with Gasteiger partial charge in [0.2, 0.25) is 5.91 Å². The molecule has 1 saturated heterocycles. The quantitative estimate of drug-likeness (QED) is 0.796. The molecule has 146 valence electrons. The summed E-state index contributed by atoms with van der Waals surface area (Å²) in [5, 5.41) is 0.716. The maximum Gasteiger partial charge on any atom is 0.265 e. The van der Waals surface area contributed by atoms with Crippen molar-refractivity contribution >= 4 is 34.8 Å². The third kappa shape index (κ3) is 3.64. The average Bonchev–Trinajstić information content (AvgIpc) is 2.71. The lowest BCUT2D eigenvalue weighted by Gasteiger charge is -2.38. The predicted molar refractivity (Wildman–Crippen MR) is 109 cm³/mol. The highest BCUT2D eigenvalue weighted by atomic mass is 35.5. The highest BCUT2D eigenvalue weighted by molar-refractivity contribution is 6.33. The monoisotopic (exact) mass is 399 g/mol. The molecule has 7 heteroatoms. The number of rotatable bonds is 3. The van der Waals surface area contributed by atoms with Crippen LogP contribution in [0.2, 0.25) is 5.02 Å². The van der Waals surface area contributed by atoms with Crippen molar-refractivity contribution in [2.75, 3.05) is 49.1 Å². The van der Waals surface area contributed by atoms with E-state index in [-0.39, 0.29) is 25.0 Å². The second kappa shape index (κ2) is 7.72. The third-order valence-electron chi connectivity index (χ3n) is 5.18. The van der Waals surface area contributed by atoms with Gasteiger partial charge in [0.05, 0.1) is 16.4 Å². The van der Waals surface area contributed by atoms with Gasteiger partial charge in [-0.2, -0.15) is 0 Å². The number of anilines is 2. The lowest BCUT2D eigenvalue weighted by molar-refractivity contribution is -0.132. The number of nitrogens with zero attached hydrogens (tertiary/aromatic N) is 3. The van der Waals surface area contributed by atoms with E-state index in [2.05, 4.69) is 4.90 Å². The summed E-state index contributed by atoms with van der Waals surface area (Å²) in [6, 6.07) is 13.4. The average molecular weight is 400 g/mol. The number of benzene rings is 2. The second-order valence-corrected chi connectivity index (χ2v) is 7.47. The van der Waals surface area contributed by atoms with Crippen LogP contribution in [-0.4, -0.2) is 56.0 Å². The van der Waals surface area contributed by atoms with Gasteiger partial charge in [0.1, 0.15) is 12.3 Å². The van der Waals surface area contributed by atoms with Crippen molar-refractivity contribution in [1.29, 1.82) is 0 Å². The van der Waals surface area contributed by atoms with Gasteiger partial charge >= 0.3 is 0 Å². The van der Waals surface area contributed by atoms with Crippen molar-refractivity contribution < 1.29 is 14.3 Å². The summed E-state index contributed by atoms with van der Waals surface area (Å²) >= 11 is 6.28. The number of para-hydroxylation sites is 1. The number of aryl methyl sites for hydroxylation is 1. The van der Waals surface area contributed by atoms with Gasteiger partial charge in [0, 0.05) is 26.2 Å². The first kappa shape index (κ1) is 18.6. The molecule has 0 aliphatic carbocycles. The molecule has 0 unspecified atom stereocenters. The largest absolute Gasteiger partial charge is 0.482 e. The molecule has 0 spiro atoms. The molecule has 4 rings (SSSR count). The zero-order valence-corrected chi connectivity index (χ0v) is 16.5. The van der Waals surface area contributed by atoms with Crippen LogP contribution in [0.25, 0.3) is 0 Å². The zero-order chi connectivity index (χ0) is 19.7. The zero-order valence-electron chi connectivity index (χ0n) is 15.7. The Morgan fingerprint density at radius 3 is 2.57 bits per heavy atom. The predicted octanol–water partition coefficient (Wildman–Crippen LogP) is 2.72. The summed E-state index contributed by atoms with van der Waals surface area (Å²) in [5.41, 5.74) is 2.67. The Bertz CT molecular complexity index is 910. The molecule has 0 N–H and O–H groups in total. The van der Waals surface area contributed by atoms with Gasteiger partial charge in [-0.3, -0.25) is 14.5 Å². The van der Waals surface area contributed by atoms with Gasteiger partial charge in [-0.1, -0.05) is 29.8 Å². The molecule has 1 fully saturated rings. The van der Waals surface area contributed by atoms with Crippen LogP contribution in [0.15, 0.2) is 42.5 Å². The maximum absolute atomic E-state index is 12.9. The smallest absolute Gasteiger partial charge is 0.265 e. The van der Waals surface area contributed by atoms with Crippen LogP contribution in [0, 0.1) is 6.92 Å². The summed E-state index contributed by atoms with van der Waals surface area (Å²) < 4.78 is 5.49. The minimum atomic E-state index is -0.193. The third-order valence-corrected chi connectivity index (χ3v) is 5.50. The van der Waals surface area contributed by atoms with Crippen molar-refractivity contribution in [1.82, 2.24) is 4.90 Å². The molecular formula is C21H22ClN3O3. The summed E-state index contributed by atoms with van der Waals surface area (Å²) in [6.07, 6.45) is 0. The van der Waals surface area contributed by atoms with E-state index in [0.717, 1.165) is 11.3 Å². The first-order valence-electron chi connectivity index (χ1n) is 9.34. The number of ether oxygens (including phenoxy) is 1. The van der Waals surface area contributed by atoms with E-state index in [1.165, 1.54) is 4.90 Å². The first-order chi connectivity index (χ1) is 13.5. The number of fused-ring (bicyclic) bond motifs is 1. The van der Waals surface area contributed by atoms with E-state index >= 15 is 0 Å². The van der Waals surface area contributed by atoms with Crippen LogP contribution in [0.5, 0.6) is 5.75 Å². The lowest BCUT2D eigenvalue weighted by Crippen LogP contribution is -2.53. The summed E-state index contributed by atoms with van der Waals surface area (Å²) in [7, 11) is 0. The number of amides is 2. The van der Waals surface area contributed by atoms with E-state index in [4.69, 9.17) is 16.3 Å². The minimum absolute atomic E-state index is 0.0325. The van der Waals surface area contributed by atoms with E-state index in [9.17, 15) is 9.59 Å². The highest BCUT2D eigenvalue weighted by Gasteiger charge is 2.30. The normalized spacial score (nSPS) is 16.6. The topological polar surface area (TPSA) is 53.1 Å². The first-order valence-corrected chi connectivity index (χ1v) is 9.72. The standard InChI is InChI=1S/C21H22ClN3O3/c1-15-6-7-19-18(12-15)25(21(27)14-28-19)13-20(26)24-10-8-23(9-11-24)17-5-3-2-4-16(17)22/h2-7,12H,8-11,13-14H2,1H3. The Balaban J connectivity index is 1.42. The van der Waals surface area contributed by atoms with Gasteiger partial charge in [-0.15, -0.1) is 0 Å². The van der Waals surface area contributed by atoms with Crippen molar-refractivity contribution in [2.45, 2.75) is 6.92 Å². The van der Waals surface area contributed by atoms with Crippen molar-refractivity contribution in [3.8, 4) is 5.75 Å². The number of carbonyl (C=O) groups excluding carboxylic acids is 2. The Hall–Kier alpha value is -2.73. The fraction of sp³-hybridized carbons (Fsp3) is 0.333. The van der Waals surface area contributed by atoms with Gasteiger partial charge in [-0.05, 0) is 36.8 Å². The number of hydrogen-bond donors (Lipinski definition) is 0. The Kier molecular flexibility index (Phi) is 5.13. The summed E-state index contributed by atoms with van der Waals surface area (Å²) in [5.74, 6) is 0.393. The number of halogens is 1. The molecule has 2 aliphatic heterocycles. The lowest BCUT2D eigenvalue weighted by atomic mass is 10.1. The fourth-order valence-corrected chi connectivity index (χ4v) is 3.88. The van der Waals surface area contributed by atoms with Crippen LogP contribution < -0.4 is 14.5 Å². The van der Waals surface area contributed by atoms with E-state index in [1.807, 2.05) is 54.3 Å². The fourth-order valence-electron chi connectivity index (χ4n) is 3.63. The Morgan fingerprint density at radius 2 is 1.82 bits per heavy atom. The summed E-state index contributed by atoms with van der Waals surface area (Å²) in [4.78, 5) is 30.8. The SMILES string of the molecule is Cc1ccc2c(c1)N(CC(=O)N1CCN(c3ccccc3Cl)CC1)C(=O)CO2. The molecule has 0 radical (unpaired) electrons. The van der Waals surface area contributed by atoms with Gasteiger partial charge in [-0.25, -0.2) is 0 Å². The Morgan fingerprint density at radius 1 is 1.07 bits per heavy atom. The van der Waals surface area contributed by atoms with Gasteiger partial charge in [0.25, 0.3) is 5.91 Å². The molecule has 2 aromatic rings. The Labute approximate surface area is 169 Å². The van der Waals surface area contributed by atoms with Crippen LogP contribution in [0.4, 0.5) is 11.4 Å². The summed E-state index contributed by atoms with van der Waals surface area (Å²) in [6.45, 7) is 4.57. The van der Waals surface area contributed by atoms with Crippen LogP contribution >= 0.6 is 11.6 Å². The molecule has 0 atom stereocenters. The molecule has 2 aliphatic rings. The molecule has 2 heterocycles. The van der Waals surface area contributed by atoms with Gasteiger partial charge < -0.3 is 14.5 Å². The van der Waals surface area contributed by atoms with Crippen LogP contribution in [-0.2, 0) is 9.59 Å². The second-order valence-electron chi connectivity index (χ2n) is 7.06. The number of piperazine rings is 1. The molecule has 2 amide bonds. The van der Waals surface area contributed by atoms with Crippen molar-refractivity contribution in [3.63, 3.8) is 0 Å². The van der Waals surface area contributed by atoms with Crippen molar-refractivity contribution in [3.05, 3.63) is 53.1 Å². The van der Waals surface area contributed by atoms with Crippen LogP contribution in [0.3, 0.4) is 0 Å². The maximum atomic E-state index is 12.9. The number of carbonyl (C=O) groups is 2. The van der Waals surface area contributed by atoms with Crippen LogP contribution in [0.1, 0.15) is 5.56 Å². The van der Waals surface area contributed by atoms with E-state index < -0.39 is 0 Å². The molecular weight excluding hydrogens is 378 g/mol. The number of hydrogen-bond acceptors (Lipinski definition) is 4. The molecule has 0 saturated carbocycles. The molecule has 28 heavy (non-hydrogen) atoms. The van der Waals surface area contributed by atoms with E-state index in [1.54, 1.807) is 0 Å². The van der Waals surface area contributed by atoms with Gasteiger partial charge in [0.15, 0.2) is 6.61 Å². The van der Waals surface area contributed by atoms with E-state index in [0.29, 0.717) is 42.6 Å². The highest BCUT2D eigenvalue weighted by Crippen LogP contribution is 2.33. The van der Waals surface area contributed by atoms with Crippen molar-refractivity contribution in [2.24, 2.45) is 0 Å².